The van der Waals surface area contributed by atoms with Crippen LogP contribution in [-0.4, -0.2) is 11.2 Å². The van der Waals surface area contributed by atoms with Gasteiger partial charge in [0.2, 0.25) is 0 Å². The normalized spacial score (nSPS) is 10.0. The molecule has 2 aromatic carbocycles. The molecule has 108 valence electrons. The summed E-state index contributed by atoms with van der Waals surface area (Å²) in [6.45, 7) is 4.00. The fraction of sp³-hybridized carbons (Fsp3) is 0.167. The number of pyridine rings is 1. The number of fused-ring (bicyclic) bond motifs is 1. The minimum Gasteiger partial charge on any atom is -0.399 e. The summed E-state index contributed by atoms with van der Waals surface area (Å²) in [4.78, 5) is 5.65. The van der Waals surface area contributed by atoms with Crippen LogP contribution in [0.25, 0.3) is 22.0 Å². The minimum absolute atomic E-state index is 0.766. The number of thioether (sulfide) groups is 1. The number of aromatic nitrogens is 1. The molecule has 2 nitrogen and oxygen atoms in total. The van der Waals surface area contributed by atoms with Gasteiger partial charge in [0.1, 0.15) is 0 Å². The van der Waals surface area contributed by atoms with Gasteiger partial charge in [-0.2, -0.15) is 0 Å². The molecule has 3 aromatic rings. The Bertz CT molecular complexity index is 738. The minimum atomic E-state index is 0.766. The van der Waals surface area contributed by atoms with Crippen molar-refractivity contribution < 1.29 is 0 Å². The van der Waals surface area contributed by atoms with Crippen LogP contribution in [0.4, 0.5) is 5.69 Å². The lowest BCUT2D eigenvalue weighted by Gasteiger charge is -2.08. The molecule has 0 amide bonds. The van der Waals surface area contributed by atoms with E-state index in [1.165, 1.54) is 16.0 Å². The van der Waals surface area contributed by atoms with E-state index >= 15 is 0 Å². The molecule has 0 aliphatic rings. The van der Waals surface area contributed by atoms with Gasteiger partial charge in [-0.25, -0.2) is 0 Å². The van der Waals surface area contributed by atoms with Gasteiger partial charge in [0.15, 0.2) is 0 Å². The quantitative estimate of drug-likeness (QED) is 0.519. The number of nitrogen functional groups attached to an aromatic ring is 1. The third-order valence-corrected chi connectivity index (χ3v) is 3.87. The van der Waals surface area contributed by atoms with Crippen molar-refractivity contribution >= 4 is 28.4 Å². The molecular weight excluding hydrogens is 276 g/mol. The van der Waals surface area contributed by atoms with E-state index in [9.17, 15) is 0 Å². The predicted molar refractivity (Wildman–Crippen MR) is 94.7 cm³/mol. The van der Waals surface area contributed by atoms with Crippen LogP contribution >= 0.6 is 11.8 Å². The first-order valence-corrected chi connectivity index (χ1v) is 8.29. The first kappa shape index (κ1) is 15.4. The van der Waals surface area contributed by atoms with Crippen LogP contribution in [-0.2, 0) is 0 Å². The first-order valence-electron chi connectivity index (χ1n) is 7.06. The van der Waals surface area contributed by atoms with Gasteiger partial charge in [0.25, 0.3) is 0 Å². The Labute approximate surface area is 130 Å². The third-order valence-electron chi connectivity index (χ3n) is 3.15. The number of nitrogens with two attached hydrogens (primary N) is 1. The van der Waals surface area contributed by atoms with Gasteiger partial charge in [-0.3, -0.25) is 4.98 Å². The van der Waals surface area contributed by atoms with E-state index in [0.717, 1.165) is 16.6 Å². The SMILES string of the molecule is CC.CSc1cccc(-c2ccnc3ccc(N)cc23)c1. The highest BCUT2D eigenvalue weighted by atomic mass is 32.2. The molecule has 0 atom stereocenters. The highest BCUT2D eigenvalue weighted by molar-refractivity contribution is 7.98. The fourth-order valence-corrected chi connectivity index (χ4v) is 2.67. The summed E-state index contributed by atoms with van der Waals surface area (Å²) in [5, 5.41) is 1.10. The molecule has 21 heavy (non-hydrogen) atoms. The van der Waals surface area contributed by atoms with Gasteiger partial charge in [-0.05, 0) is 53.8 Å². The number of hydrogen-bond donors (Lipinski definition) is 1. The summed E-state index contributed by atoms with van der Waals surface area (Å²) < 4.78 is 0. The highest BCUT2D eigenvalue weighted by Crippen LogP contribution is 2.30. The third kappa shape index (κ3) is 3.37. The van der Waals surface area contributed by atoms with Gasteiger partial charge < -0.3 is 5.73 Å². The van der Waals surface area contributed by atoms with E-state index in [0.29, 0.717) is 0 Å². The molecule has 0 aliphatic carbocycles. The summed E-state index contributed by atoms with van der Waals surface area (Å²) in [6, 6.07) is 16.4. The van der Waals surface area contributed by atoms with Crippen LogP contribution in [0.1, 0.15) is 13.8 Å². The Kier molecular flexibility index (Phi) is 5.23. The van der Waals surface area contributed by atoms with E-state index in [4.69, 9.17) is 5.73 Å². The van der Waals surface area contributed by atoms with Crippen molar-refractivity contribution in [2.24, 2.45) is 0 Å². The Morgan fingerprint density at radius 1 is 1.00 bits per heavy atom. The topological polar surface area (TPSA) is 38.9 Å². The summed E-state index contributed by atoms with van der Waals surface area (Å²) in [6.07, 6.45) is 3.93. The molecule has 0 spiro atoms. The second-order valence-corrected chi connectivity index (χ2v) is 5.25. The maximum Gasteiger partial charge on any atom is 0.0709 e. The molecule has 0 aliphatic heterocycles. The zero-order chi connectivity index (χ0) is 15.2. The summed E-state index contributed by atoms with van der Waals surface area (Å²) >= 11 is 1.75. The van der Waals surface area contributed by atoms with Crippen molar-refractivity contribution in [3.63, 3.8) is 0 Å². The van der Waals surface area contributed by atoms with E-state index in [1.54, 1.807) is 11.8 Å². The molecule has 0 unspecified atom stereocenters. The van der Waals surface area contributed by atoms with Gasteiger partial charge in [0, 0.05) is 22.2 Å². The maximum absolute atomic E-state index is 5.90. The van der Waals surface area contributed by atoms with Gasteiger partial charge in [0.05, 0.1) is 5.52 Å². The van der Waals surface area contributed by atoms with Crippen LogP contribution in [0.2, 0.25) is 0 Å². The first-order chi connectivity index (χ1) is 10.3. The maximum atomic E-state index is 5.90. The number of anilines is 1. The van der Waals surface area contributed by atoms with Gasteiger partial charge in [-0.1, -0.05) is 26.0 Å². The largest absolute Gasteiger partial charge is 0.399 e. The number of nitrogens with zero attached hydrogens (tertiary/aromatic N) is 1. The number of rotatable bonds is 2. The second-order valence-electron chi connectivity index (χ2n) is 4.37. The molecule has 3 heteroatoms. The summed E-state index contributed by atoms with van der Waals surface area (Å²) in [5.41, 5.74) is 10.0. The zero-order valence-electron chi connectivity index (χ0n) is 12.6. The lowest BCUT2D eigenvalue weighted by Crippen LogP contribution is -1.88. The Morgan fingerprint density at radius 3 is 2.57 bits per heavy atom. The van der Waals surface area contributed by atoms with Crippen LogP contribution in [0.15, 0.2) is 59.6 Å². The van der Waals surface area contributed by atoms with Crippen molar-refractivity contribution in [3.8, 4) is 11.1 Å². The molecule has 2 N–H and O–H groups in total. The lowest BCUT2D eigenvalue weighted by atomic mass is 10.0. The fourth-order valence-electron chi connectivity index (χ4n) is 2.21. The summed E-state index contributed by atoms with van der Waals surface area (Å²) in [7, 11) is 0. The van der Waals surface area contributed by atoms with E-state index in [-0.39, 0.29) is 0 Å². The Hall–Kier alpha value is -2.00. The van der Waals surface area contributed by atoms with Crippen molar-refractivity contribution in [2.75, 3.05) is 12.0 Å². The molecule has 0 saturated carbocycles. The molecule has 0 radical (unpaired) electrons. The molecule has 0 fully saturated rings. The van der Waals surface area contributed by atoms with Gasteiger partial charge in [-0.15, -0.1) is 11.8 Å². The van der Waals surface area contributed by atoms with Crippen LogP contribution < -0.4 is 5.73 Å². The van der Waals surface area contributed by atoms with Crippen molar-refractivity contribution in [2.45, 2.75) is 18.7 Å². The molecule has 1 heterocycles. The molecular formula is C18H20N2S. The molecule has 0 saturated heterocycles. The Balaban J connectivity index is 0.000000774. The zero-order valence-corrected chi connectivity index (χ0v) is 13.4. The van der Waals surface area contributed by atoms with Gasteiger partial charge >= 0.3 is 0 Å². The van der Waals surface area contributed by atoms with Crippen LogP contribution in [0, 0.1) is 0 Å². The monoisotopic (exact) mass is 296 g/mol. The van der Waals surface area contributed by atoms with Crippen LogP contribution in [0.5, 0.6) is 0 Å². The standard InChI is InChI=1S/C16H14N2S.C2H6/c1-19-13-4-2-3-11(9-13)14-7-8-18-16-6-5-12(17)10-15(14)16;1-2/h2-10H,17H2,1H3;1-2H3. The number of hydrogen-bond acceptors (Lipinski definition) is 3. The lowest BCUT2D eigenvalue weighted by molar-refractivity contribution is 1.40. The van der Waals surface area contributed by atoms with E-state index < -0.39 is 0 Å². The average Bonchev–Trinajstić information content (AvgIpc) is 2.56. The van der Waals surface area contributed by atoms with E-state index in [2.05, 4.69) is 35.5 Å². The molecule has 0 bridgehead atoms. The number of benzene rings is 2. The van der Waals surface area contributed by atoms with Crippen molar-refractivity contribution in [1.29, 1.82) is 0 Å². The summed E-state index contributed by atoms with van der Waals surface area (Å²) in [5.74, 6) is 0. The molecule has 1 aromatic heterocycles. The second kappa shape index (κ2) is 7.14. The highest BCUT2D eigenvalue weighted by Gasteiger charge is 2.05. The van der Waals surface area contributed by atoms with Crippen molar-refractivity contribution in [1.82, 2.24) is 4.98 Å². The van der Waals surface area contributed by atoms with Crippen molar-refractivity contribution in [3.05, 3.63) is 54.7 Å². The average molecular weight is 296 g/mol. The smallest absolute Gasteiger partial charge is 0.0709 e. The molecule has 3 rings (SSSR count). The van der Waals surface area contributed by atoms with Crippen LogP contribution in [0.3, 0.4) is 0 Å². The Morgan fingerprint density at radius 2 is 1.81 bits per heavy atom. The van der Waals surface area contributed by atoms with E-state index in [1.807, 2.05) is 44.3 Å². The predicted octanol–water partition coefficient (Wildman–Crippen LogP) is 5.23.